The summed E-state index contributed by atoms with van der Waals surface area (Å²) in [7, 11) is 0. The Kier molecular flexibility index (Phi) is 35.7. The molecule has 0 aliphatic rings. The van der Waals surface area contributed by atoms with E-state index in [1.165, 1.54) is 0 Å². The van der Waals surface area contributed by atoms with Crippen LogP contribution in [0.15, 0.2) is 0 Å². The van der Waals surface area contributed by atoms with E-state index in [4.69, 9.17) is 52.3 Å². The molecule has 36 heavy (non-hydrogen) atoms. The van der Waals surface area contributed by atoms with Gasteiger partial charge in [-0.1, -0.05) is 0 Å². The number of hydrogen-bond acceptors (Lipinski definition) is 10. The van der Waals surface area contributed by atoms with E-state index in [9.17, 15) is 38.4 Å². The van der Waals surface area contributed by atoms with Gasteiger partial charge < -0.3 is 52.3 Å². The second kappa shape index (κ2) is 30.7. The van der Waals surface area contributed by atoms with Crippen LogP contribution in [0, 0.1) is 0 Å². The largest absolute Gasteiger partial charge is 0.481 e. The Labute approximate surface area is 203 Å². The van der Waals surface area contributed by atoms with Crippen molar-refractivity contribution in [3.63, 3.8) is 0 Å². The van der Waals surface area contributed by atoms with Crippen molar-refractivity contribution in [1.82, 2.24) is 0 Å². The molecule has 210 valence electrons. The van der Waals surface area contributed by atoms with Crippen LogP contribution in [0.5, 0.6) is 0 Å². The van der Waals surface area contributed by atoms with E-state index < -0.39 is 47.8 Å². The topological polar surface area (TPSA) is 350 Å². The van der Waals surface area contributed by atoms with E-state index in [2.05, 4.69) is 0 Å². The maximum Gasteiger partial charge on any atom is 0.303 e. The lowest BCUT2D eigenvalue weighted by Gasteiger charge is -1.85. The van der Waals surface area contributed by atoms with Crippen LogP contribution in [0.2, 0.25) is 0 Å². The Hall–Kier alpha value is -4.32. The average Bonchev–Trinajstić information content (AvgIpc) is 2.75. The molecule has 0 bridgehead atoms. The monoisotopic (exact) mass is 532 g/mol. The third-order valence-corrected chi connectivity index (χ3v) is 2.38. The molecule has 0 amide bonds. The zero-order chi connectivity index (χ0) is 29.7. The number of carboxylic acids is 8. The summed E-state index contributed by atoms with van der Waals surface area (Å²) < 4.78 is 0. The fourth-order valence-corrected chi connectivity index (χ4v) is 0.855. The maximum absolute atomic E-state index is 9.64. The molecule has 12 N–H and O–H groups in total. The van der Waals surface area contributed by atoms with Crippen LogP contribution in [0.3, 0.4) is 0 Å². The van der Waals surface area contributed by atoms with Gasteiger partial charge in [-0.3, -0.25) is 38.4 Å². The Morgan fingerprint density at radius 2 is 0.389 bits per heavy atom. The van der Waals surface area contributed by atoms with Crippen molar-refractivity contribution in [3.8, 4) is 0 Å². The lowest BCUT2D eigenvalue weighted by molar-refractivity contribution is -0.143. The van der Waals surface area contributed by atoms with Crippen molar-refractivity contribution in [2.75, 3.05) is 13.1 Å². The van der Waals surface area contributed by atoms with Crippen LogP contribution in [0.1, 0.15) is 51.4 Å². The summed E-state index contributed by atoms with van der Waals surface area (Å²) in [6.45, 7) is 1.19. The van der Waals surface area contributed by atoms with Gasteiger partial charge in [0.2, 0.25) is 0 Å². The minimum absolute atomic E-state index is 0.296. The second-order valence-corrected chi connectivity index (χ2v) is 5.73. The molecule has 0 aliphatic carbocycles. The van der Waals surface area contributed by atoms with Gasteiger partial charge in [-0.25, -0.2) is 0 Å². The van der Waals surface area contributed by atoms with Gasteiger partial charge >= 0.3 is 47.8 Å². The molecule has 0 unspecified atom stereocenters. The third-order valence-electron chi connectivity index (χ3n) is 2.38. The predicted octanol–water partition coefficient (Wildman–Crippen LogP) is -1.35. The molecule has 0 spiro atoms. The quantitative estimate of drug-likeness (QED) is 0.131. The highest BCUT2D eigenvalue weighted by molar-refractivity contribution is 5.76. The number of hydrogen-bond donors (Lipinski definition) is 10. The summed E-state index contributed by atoms with van der Waals surface area (Å²) in [6, 6.07) is 0. The smallest absolute Gasteiger partial charge is 0.303 e. The van der Waals surface area contributed by atoms with Gasteiger partial charge in [0.25, 0.3) is 0 Å². The van der Waals surface area contributed by atoms with Gasteiger partial charge in [-0.15, -0.1) is 0 Å². The van der Waals surface area contributed by atoms with Crippen molar-refractivity contribution >= 4 is 47.8 Å². The first-order valence-corrected chi connectivity index (χ1v) is 9.57. The third kappa shape index (κ3) is 87.7. The van der Waals surface area contributed by atoms with Gasteiger partial charge in [-0.05, 0) is 0 Å². The van der Waals surface area contributed by atoms with Crippen molar-refractivity contribution < 1.29 is 79.2 Å². The number of carbonyl (C=O) groups is 8. The summed E-state index contributed by atoms with van der Waals surface area (Å²) in [5, 5.41) is 63.2. The maximum atomic E-state index is 9.64. The van der Waals surface area contributed by atoms with Crippen LogP contribution in [-0.4, -0.2) is 102 Å². The average molecular weight is 532 g/mol. The zero-order valence-electron chi connectivity index (χ0n) is 19.1. The minimum Gasteiger partial charge on any atom is -0.481 e. The van der Waals surface area contributed by atoms with Crippen molar-refractivity contribution in [2.24, 2.45) is 11.5 Å². The van der Waals surface area contributed by atoms with Crippen LogP contribution in [-0.2, 0) is 38.4 Å². The minimum atomic E-state index is -1.08. The van der Waals surface area contributed by atoms with Crippen LogP contribution < -0.4 is 11.5 Å². The Bertz CT molecular complexity index is 523. The number of carboxylic acid groups (broad SMARTS) is 8. The lowest BCUT2D eigenvalue weighted by Crippen LogP contribution is -2.11. The van der Waals surface area contributed by atoms with E-state index in [1.807, 2.05) is 0 Å². The van der Waals surface area contributed by atoms with Gasteiger partial charge in [0, 0.05) is 13.1 Å². The SMILES string of the molecule is NCCN.O=C(O)CCC(=O)O.O=C(O)CCC(=O)O.O=C(O)CCC(=O)O.O=C(O)CCC(=O)O. The van der Waals surface area contributed by atoms with Gasteiger partial charge in [0.05, 0.1) is 51.4 Å². The Morgan fingerprint density at radius 3 is 0.417 bits per heavy atom. The lowest BCUT2D eigenvalue weighted by atomic mass is 10.3. The summed E-state index contributed by atoms with van der Waals surface area (Å²) in [4.78, 5) is 77.1. The summed E-state index contributed by atoms with van der Waals surface area (Å²) >= 11 is 0. The van der Waals surface area contributed by atoms with Crippen molar-refractivity contribution in [1.29, 1.82) is 0 Å². The molecular formula is C18H32N2O16. The molecule has 0 fully saturated rings. The predicted molar refractivity (Wildman–Crippen MR) is 116 cm³/mol. The molecule has 0 aromatic rings. The zero-order valence-corrected chi connectivity index (χ0v) is 19.1. The van der Waals surface area contributed by atoms with E-state index in [0.717, 1.165) is 0 Å². The normalized spacial score (nSPS) is 8.39. The molecule has 0 saturated carbocycles. The highest BCUT2D eigenvalue weighted by atomic mass is 16.4. The van der Waals surface area contributed by atoms with Crippen LogP contribution in [0.25, 0.3) is 0 Å². The summed E-state index contributed by atoms with van der Waals surface area (Å²) in [6.07, 6.45) is -2.37. The number of nitrogens with two attached hydrogens (primary N) is 2. The molecule has 0 rings (SSSR count). The van der Waals surface area contributed by atoms with Crippen molar-refractivity contribution in [2.45, 2.75) is 51.4 Å². The Morgan fingerprint density at radius 1 is 0.306 bits per heavy atom. The van der Waals surface area contributed by atoms with Gasteiger partial charge in [0.15, 0.2) is 0 Å². The van der Waals surface area contributed by atoms with E-state index in [0.29, 0.717) is 13.1 Å². The summed E-state index contributed by atoms with van der Waals surface area (Å²) in [5.41, 5.74) is 9.81. The standard InChI is InChI=1S/4C4H6O4.C2H8N2/c4*5-3(6)1-2-4(7)8;3-1-2-4/h4*1-2H2,(H,5,6)(H,7,8);1-4H2. The fourth-order valence-electron chi connectivity index (χ4n) is 0.855. The first-order chi connectivity index (χ1) is 16.4. The van der Waals surface area contributed by atoms with E-state index in [1.54, 1.807) is 0 Å². The second-order valence-electron chi connectivity index (χ2n) is 5.73. The van der Waals surface area contributed by atoms with Gasteiger partial charge in [0.1, 0.15) is 0 Å². The highest BCUT2D eigenvalue weighted by Gasteiger charge is 2.02. The summed E-state index contributed by atoms with van der Waals surface area (Å²) in [5.74, 6) is -8.61. The van der Waals surface area contributed by atoms with Crippen LogP contribution >= 0.6 is 0 Å². The molecular weight excluding hydrogens is 500 g/mol. The molecule has 18 heteroatoms. The first kappa shape index (κ1) is 41.9. The number of aliphatic carboxylic acids is 8. The first-order valence-electron chi connectivity index (χ1n) is 9.57. The van der Waals surface area contributed by atoms with E-state index >= 15 is 0 Å². The molecule has 0 saturated heterocycles. The molecule has 0 aromatic carbocycles. The Balaban J connectivity index is -0.000000113. The van der Waals surface area contributed by atoms with E-state index in [-0.39, 0.29) is 51.4 Å². The van der Waals surface area contributed by atoms with Gasteiger partial charge in [-0.2, -0.15) is 0 Å². The van der Waals surface area contributed by atoms with Crippen molar-refractivity contribution in [3.05, 3.63) is 0 Å². The molecule has 0 atom stereocenters. The van der Waals surface area contributed by atoms with Crippen LogP contribution in [0.4, 0.5) is 0 Å². The molecule has 0 heterocycles. The highest BCUT2D eigenvalue weighted by Crippen LogP contribution is 1.87. The molecule has 0 aromatic heterocycles. The fraction of sp³-hybridized carbons (Fsp3) is 0.556. The molecule has 0 radical (unpaired) electrons. The molecule has 0 aliphatic heterocycles. The number of rotatable bonds is 13. The molecule has 18 nitrogen and oxygen atoms in total.